The fourth-order valence-corrected chi connectivity index (χ4v) is 6.67. The van der Waals surface area contributed by atoms with Crippen molar-refractivity contribution in [2.45, 2.75) is 36.5 Å². The van der Waals surface area contributed by atoms with Crippen molar-refractivity contribution in [1.29, 1.82) is 0 Å². The summed E-state index contributed by atoms with van der Waals surface area (Å²) in [5.41, 5.74) is 4.13. The highest BCUT2D eigenvalue weighted by molar-refractivity contribution is 7.92. The zero-order valence-electron chi connectivity index (χ0n) is 23.4. The average molecular weight is 572 g/mol. The van der Waals surface area contributed by atoms with Crippen LogP contribution in [-0.2, 0) is 20.2 Å². The number of likely N-dealkylation sites (N-methyl/N-ethyl adjacent to an activating group) is 1. The number of nitrogens with zero attached hydrogens (tertiary/aromatic N) is 4. The number of rotatable bonds is 10. The molecule has 6 rings (SSSR count). The first-order valence-corrected chi connectivity index (χ1v) is 15.3. The van der Waals surface area contributed by atoms with Gasteiger partial charge in [0.2, 0.25) is 11.8 Å². The Bertz CT molecular complexity index is 1740. The van der Waals surface area contributed by atoms with Gasteiger partial charge in [0.1, 0.15) is 5.69 Å². The number of pyridine rings is 2. The summed E-state index contributed by atoms with van der Waals surface area (Å²) in [5.74, 6) is 0.376. The molecule has 1 fully saturated rings. The second kappa shape index (κ2) is 10.4. The van der Waals surface area contributed by atoms with Crippen LogP contribution >= 0.6 is 0 Å². The minimum absolute atomic E-state index is 0.149. The van der Waals surface area contributed by atoms with E-state index in [9.17, 15) is 13.2 Å². The fourth-order valence-electron chi connectivity index (χ4n) is 5.60. The normalized spacial score (nSPS) is 15.5. The quantitative estimate of drug-likeness (QED) is 0.272. The molecule has 2 aliphatic rings. The summed E-state index contributed by atoms with van der Waals surface area (Å²) < 4.78 is 35.1. The Morgan fingerprint density at radius 3 is 2.51 bits per heavy atom. The molecule has 212 valence electrons. The Labute approximate surface area is 240 Å². The number of sulfonamides is 1. The smallest absolute Gasteiger partial charge is 0.262 e. The van der Waals surface area contributed by atoms with Crippen LogP contribution in [0.5, 0.6) is 5.88 Å². The molecule has 1 amide bonds. The van der Waals surface area contributed by atoms with Gasteiger partial charge in [0, 0.05) is 35.8 Å². The van der Waals surface area contributed by atoms with Crippen molar-refractivity contribution in [2.24, 2.45) is 0 Å². The number of ether oxygens (including phenoxy) is 1. The number of amides is 1. The Balaban J connectivity index is 1.40. The molecule has 0 saturated heterocycles. The van der Waals surface area contributed by atoms with E-state index in [0.29, 0.717) is 13.2 Å². The molecule has 1 spiro atoms. The van der Waals surface area contributed by atoms with E-state index in [1.54, 1.807) is 42.6 Å². The Hall–Kier alpha value is -4.02. The van der Waals surface area contributed by atoms with Gasteiger partial charge < -0.3 is 14.5 Å². The summed E-state index contributed by atoms with van der Waals surface area (Å²) in [5, 5.41) is 0.942. The van der Waals surface area contributed by atoms with E-state index in [1.807, 2.05) is 50.3 Å². The maximum Gasteiger partial charge on any atom is 0.262 e. The molecule has 3 heterocycles. The first-order valence-electron chi connectivity index (χ1n) is 13.8. The van der Waals surface area contributed by atoms with Gasteiger partial charge >= 0.3 is 0 Å². The lowest BCUT2D eigenvalue weighted by atomic mass is 9.92. The van der Waals surface area contributed by atoms with E-state index in [-0.39, 0.29) is 22.4 Å². The minimum atomic E-state index is -3.88. The molecule has 1 aliphatic heterocycles. The molecule has 1 aliphatic carbocycles. The van der Waals surface area contributed by atoms with Gasteiger partial charge in [-0.05, 0) is 76.2 Å². The zero-order valence-corrected chi connectivity index (χ0v) is 24.2. The Morgan fingerprint density at radius 2 is 1.80 bits per heavy atom. The van der Waals surface area contributed by atoms with E-state index in [0.717, 1.165) is 59.1 Å². The number of aromatic nitrogens is 2. The summed E-state index contributed by atoms with van der Waals surface area (Å²) in [4.78, 5) is 26.5. The van der Waals surface area contributed by atoms with Crippen molar-refractivity contribution in [2.75, 3.05) is 43.4 Å². The minimum Gasteiger partial charge on any atom is -0.476 e. The van der Waals surface area contributed by atoms with E-state index in [4.69, 9.17) is 4.74 Å². The van der Waals surface area contributed by atoms with Crippen LogP contribution in [0.1, 0.15) is 31.7 Å². The molecular weight excluding hydrogens is 538 g/mol. The van der Waals surface area contributed by atoms with Crippen LogP contribution < -0.4 is 14.4 Å². The highest BCUT2D eigenvalue weighted by Crippen LogP contribution is 2.59. The lowest BCUT2D eigenvalue weighted by molar-refractivity contribution is -0.120. The third-order valence-corrected chi connectivity index (χ3v) is 9.19. The van der Waals surface area contributed by atoms with E-state index < -0.39 is 15.4 Å². The molecule has 0 radical (unpaired) electrons. The molecule has 0 unspecified atom stereocenters. The number of fused-ring (bicyclic) bond motifs is 4. The van der Waals surface area contributed by atoms with Gasteiger partial charge in [-0.25, -0.2) is 13.4 Å². The first kappa shape index (κ1) is 27.2. The van der Waals surface area contributed by atoms with Gasteiger partial charge in [0.25, 0.3) is 10.0 Å². The van der Waals surface area contributed by atoms with Crippen molar-refractivity contribution >= 4 is 38.2 Å². The summed E-state index contributed by atoms with van der Waals surface area (Å²) in [6, 6.07) is 15.9. The molecule has 9 nitrogen and oxygen atoms in total. The standard InChI is InChI=1S/C31H33N5O4S/c1-4-36-27-20-32-25-12-11-21(17-24(25)28(27)31(13-14-31)30(36)37)22-18-26(29(33-19-22)40-16-8-15-35(2)3)34-41(38,39)23-9-6-5-7-10-23/h5-7,9-12,17-20,34H,4,8,13-16H2,1-3H3. The molecule has 2 aromatic carbocycles. The number of carbonyl (C=O) groups is 1. The maximum atomic E-state index is 13.3. The van der Waals surface area contributed by atoms with Gasteiger partial charge in [0.05, 0.1) is 34.3 Å². The lowest BCUT2D eigenvalue weighted by Crippen LogP contribution is -2.31. The van der Waals surface area contributed by atoms with Crippen LogP contribution in [0.3, 0.4) is 0 Å². The van der Waals surface area contributed by atoms with Crippen molar-refractivity contribution in [3.05, 3.63) is 72.6 Å². The zero-order chi connectivity index (χ0) is 28.8. The molecule has 2 aromatic heterocycles. The largest absolute Gasteiger partial charge is 0.476 e. The predicted octanol–water partition coefficient (Wildman–Crippen LogP) is 4.83. The summed E-state index contributed by atoms with van der Waals surface area (Å²) in [7, 11) is 0.100. The fraction of sp³-hybridized carbons (Fsp3) is 0.323. The van der Waals surface area contributed by atoms with Gasteiger partial charge in [0.15, 0.2) is 0 Å². The van der Waals surface area contributed by atoms with E-state index in [2.05, 4.69) is 19.6 Å². The molecule has 0 bridgehead atoms. The van der Waals surface area contributed by atoms with Crippen LogP contribution in [0.25, 0.3) is 22.0 Å². The molecular formula is C31H33N5O4S. The van der Waals surface area contributed by atoms with Crippen molar-refractivity contribution in [3.63, 3.8) is 0 Å². The second-order valence-corrected chi connectivity index (χ2v) is 12.6. The molecule has 1 N–H and O–H groups in total. The monoisotopic (exact) mass is 571 g/mol. The molecule has 0 atom stereocenters. The summed E-state index contributed by atoms with van der Waals surface area (Å²) in [6.07, 6.45) is 5.94. The highest BCUT2D eigenvalue weighted by atomic mass is 32.2. The Kier molecular flexibility index (Phi) is 6.91. The number of hydrogen-bond acceptors (Lipinski definition) is 7. The second-order valence-electron chi connectivity index (χ2n) is 10.9. The SMILES string of the molecule is CCN1C(=O)C2(CC2)c2c1cnc1ccc(-c3cnc(OCCCN(C)C)c(NS(=O)(=O)c4ccccc4)c3)cc21. The lowest BCUT2D eigenvalue weighted by Gasteiger charge is -2.16. The number of nitrogens with one attached hydrogen (secondary N) is 1. The Morgan fingerprint density at radius 1 is 1.02 bits per heavy atom. The molecule has 4 aromatic rings. The molecule has 1 saturated carbocycles. The van der Waals surface area contributed by atoms with Crippen molar-refractivity contribution in [1.82, 2.24) is 14.9 Å². The van der Waals surface area contributed by atoms with Crippen molar-refractivity contribution < 1.29 is 17.9 Å². The van der Waals surface area contributed by atoms with Crippen LogP contribution in [0, 0.1) is 0 Å². The maximum absolute atomic E-state index is 13.3. The number of benzene rings is 2. The summed E-state index contributed by atoms with van der Waals surface area (Å²) in [6.45, 7) is 3.81. The number of carbonyl (C=O) groups excluding carboxylic acids is 1. The third kappa shape index (κ3) is 4.91. The van der Waals surface area contributed by atoms with Crippen LogP contribution in [0.4, 0.5) is 11.4 Å². The number of anilines is 2. The molecule has 41 heavy (non-hydrogen) atoms. The van der Waals surface area contributed by atoms with Crippen LogP contribution in [0.2, 0.25) is 0 Å². The van der Waals surface area contributed by atoms with Gasteiger partial charge in [-0.1, -0.05) is 24.3 Å². The average Bonchev–Trinajstić information content (AvgIpc) is 3.73. The van der Waals surface area contributed by atoms with E-state index >= 15 is 0 Å². The topological polar surface area (TPSA) is 105 Å². The van der Waals surface area contributed by atoms with Gasteiger partial charge in [-0.2, -0.15) is 0 Å². The van der Waals surface area contributed by atoms with Gasteiger partial charge in [-0.15, -0.1) is 0 Å². The van der Waals surface area contributed by atoms with Crippen molar-refractivity contribution in [3.8, 4) is 17.0 Å². The number of hydrogen-bond donors (Lipinski definition) is 1. The van der Waals surface area contributed by atoms with Crippen LogP contribution in [-0.4, -0.2) is 63.0 Å². The third-order valence-electron chi connectivity index (χ3n) is 7.81. The summed E-state index contributed by atoms with van der Waals surface area (Å²) >= 11 is 0. The predicted molar refractivity (Wildman–Crippen MR) is 160 cm³/mol. The highest BCUT2D eigenvalue weighted by Gasteiger charge is 2.59. The van der Waals surface area contributed by atoms with Gasteiger partial charge in [-0.3, -0.25) is 14.5 Å². The van der Waals surface area contributed by atoms with Crippen LogP contribution in [0.15, 0.2) is 71.9 Å². The molecule has 10 heteroatoms. The first-order chi connectivity index (χ1) is 19.7. The van der Waals surface area contributed by atoms with E-state index in [1.165, 1.54) is 0 Å².